The molecule has 0 saturated carbocycles. The lowest BCUT2D eigenvalue weighted by atomic mass is 10.1. The van der Waals surface area contributed by atoms with Crippen LogP contribution >= 0.6 is 0 Å². The van der Waals surface area contributed by atoms with E-state index in [1.807, 2.05) is 32.0 Å². The Labute approximate surface area is 146 Å². The van der Waals surface area contributed by atoms with Gasteiger partial charge in [0, 0.05) is 17.8 Å². The quantitative estimate of drug-likeness (QED) is 0.938. The van der Waals surface area contributed by atoms with E-state index in [2.05, 4.69) is 11.4 Å². The smallest absolute Gasteiger partial charge is 0.251 e. The molecule has 0 spiro atoms. The predicted molar refractivity (Wildman–Crippen MR) is 95.3 cm³/mol. The van der Waals surface area contributed by atoms with Gasteiger partial charge in [-0.3, -0.25) is 9.59 Å². The van der Waals surface area contributed by atoms with Crippen LogP contribution in [0.1, 0.15) is 33.5 Å². The minimum atomic E-state index is -0.543. The molecule has 5 nitrogen and oxygen atoms in total. The third kappa shape index (κ3) is 3.53. The van der Waals surface area contributed by atoms with Crippen molar-refractivity contribution in [3.63, 3.8) is 0 Å². The molecule has 2 aromatic rings. The second kappa shape index (κ2) is 6.78. The fourth-order valence-electron chi connectivity index (χ4n) is 3.15. The van der Waals surface area contributed by atoms with Gasteiger partial charge in [-0.15, -0.1) is 0 Å². The Balaban J connectivity index is 1.73. The first-order chi connectivity index (χ1) is 12.0. The molecule has 1 aliphatic rings. The van der Waals surface area contributed by atoms with Gasteiger partial charge in [0.25, 0.3) is 5.91 Å². The van der Waals surface area contributed by atoms with Gasteiger partial charge in [-0.25, -0.2) is 0 Å². The largest absolute Gasteiger partial charge is 0.340 e. The molecule has 25 heavy (non-hydrogen) atoms. The zero-order chi connectivity index (χ0) is 18.0. The Hall–Kier alpha value is -3.13. The van der Waals surface area contributed by atoms with E-state index in [1.54, 1.807) is 23.1 Å². The van der Waals surface area contributed by atoms with E-state index in [9.17, 15) is 9.59 Å². The van der Waals surface area contributed by atoms with Gasteiger partial charge < -0.3 is 10.2 Å². The van der Waals surface area contributed by atoms with Crippen molar-refractivity contribution in [3.8, 4) is 6.07 Å². The van der Waals surface area contributed by atoms with Crippen molar-refractivity contribution in [2.24, 2.45) is 0 Å². The van der Waals surface area contributed by atoms with Crippen molar-refractivity contribution < 1.29 is 9.59 Å². The molecule has 5 heteroatoms. The van der Waals surface area contributed by atoms with Crippen LogP contribution in [0.5, 0.6) is 0 Å². The van der Waals surface area contributed by atoms with Crippen molar-refractivity contribution in [2.75, 3.05) is 11.4 Å². The van der Waals surface area contributed by atoms with Gasteiger partial charge in [-0.05, 0) is 61.7 Å². The van der Waals surface area contributed by atoms with E-state index in [0.29, 0.717) is 24.1 Å². The number of hydrogen-bond donors (Lipinski definition) is 1. The van der Waals surface area contributed by atoms with E-state index >= 15 is 0 Å². The first kappa shape index (κ1) is 16.7. The minimum Gasteiger partial charge on any atom is -0.340 e. The van der Waals surface area contributed by atoms with Crippen molar-refractivity contribution in [3.05, 3.63) is 64.7 Å². The Morgan fingerprint density at radius 2 is 1.92 bits per heavy atom. The van der Waals surface area contributed by atoms with E-state index in [0.717, 1.165) is 16.8 Å². The summed E-state index contributed by atoms with van der Waals surface area (Å²) in [5.74, 6) is -0.437. The van der Waals surface area contributed by atoms with Crippen molar-refractivity contribution in [1.29, 1.82) is 5.26 Å². The SMILES string of the molecule is Cc1cc(C)cc(N2CC[C@@H](NC(=O)c3cccc(C#N)c3)C2=O)c1. The molecular weight excluding hydrogens is 314 g/mol. The molecule has 2 amide bonds. The van der Waals surface area contributed by atoms with Gasteiger partial charge in [0.2, 0.25) is 5.91 Å². The molecule has 0 unspecified atom stereocenters. The third-order valence-corrected chi connectivity index (χ3v) is 4.28. The van der Waals surface area contributed by atoms with E-state index < -0.39 is 6.04 Å². The zero-order valence-electron chi connectivity index (χ0n) is 14.2. The molecule has 1 saturated heterocycles. The van der Waals surface area contributed by atoms with Gasteiger partial charge >= 0.3 is 0 Å². The molecule has 2 aromatic carbocycles. The summed E-state index contributed by atoms with van der Waals surface area (Å²) in [5, 5.41) is 11.7. The average molecular weight is 333 g/mol. The maximum Gasteiger partial charge on any atom is 0.251 e. The number of benzene rings is 2. The highest BCUT2D eigenvalue weighted by molar-refractivity contribution is 6.04. The maximum atomic E-state index is 12.7. The van der Waals surface area contributed by atoms with Crippen LogP contribution in [-0.2, 0) is 4.79 Å². The second-order valence-corrected chi connectivity index (χ2v) is 6.34. The van der Waals surface area contributed by atoms with Crippen LogP contribution in [0.2, 0.25) is 0 Å². The number of nitrogens with zero attached hydrogens (tertiary/aromatic N) is 2. The summed E-state index contributed by atoms with van der Waals surface area (Å²) in [6, 6.07) is 13.9. The highest BCUT2D eigenvalue weighted by Gasteiger charge is 2.33. The van der Waals surface area contributed by atoms with Crippen LogP contribution in [0.25, 0.3) is 0 Å². The van der Waals surface area contributed by atoms with Crippen LogP contribution < -0.4 is 10.2 Å². The predicted octanol–water partition coefficient (Wildman–Crippen LogP) is 2.71. The zero-order valence-corrected chi connectivity index (χ0v) is 14.2. The number of rotatable bonds is 3. The maximum absolute atomic E-state index is 12.7. The molecule has 0 radical (unpaired) electrons. The van der Waals surface area contributed by atoms with Crippen molar-refractivity contribution in [1.82, 2.24) is 5.32 Å². The van der Waals surface area contributed by atoms with Gasteiger partial charge in [0.15, 0.2) is 0 Å². The lowest BCUT2D eigenvalue weighted by molar-refractivity contribution is -0.118. The molecule has 126 valence electrons. The number of carbonyl (C=O) groups excluding carboxylic acids is 2. The summed E-state index contributed by atoms with van der Waals surface area (Å²) in [6.07, 6.45) is 0.565. The Morgan fingerprint density at radius 1 is 1.20 bits per heavy atom. The second-order valence-electron chi connectivity index (χ2n) is 6.34. The Morgan fingerprint density at radius 3 is 2.60 bits per heavy atom. The van der Waals surface area contributed by atoms with Crippen LogP contribution in [0.15, 0.2) is 42.5 Å². The van der Waals surface area contributed by atoms with Crippen LogP contribution in [0, 0.1) is 25.2 Å². The molecular formula is C20H19N3O2. The highest BCUT2D eigenvalue weighted by Crippen LogP contribution is 2.24. The topological polar surface area (TPSA) is 73.2 Å². The third-order valence-electron chi connectivity index (χ3n) is 4.28. The fourth-order valence-corrected chi connectivity index (χ4v) is 3.15. The number of nitriles is 1. The lowest BCUT2D eigenvalue weighted by Crippen LogP contribution is -2.41. The first-order valence-corrected chi connectivity index (χ1v) is 8.18. The standard InChI is InChI=1S/C20H19N3O2/c1-13-8-14(2)10-17(9-13)23-7-6-18(20(23)25)22-19(24)16-5-3-4-15(11-16)12-21/h3-5,8-11,18H,6-7H2,1-2H3,(H,22,24)/t18-/m1/s1. The molecule has 1 fully saturated rings. The van der Waals surface area contributed by atoms with E-state index in [1.165, 1.54) is 6.07 Å². The molecule has 0 aliphatic carbocycles. The number of hydrogen-bond acceptors (Lipinski definition) is 3. The first-order valence-electron chi connectivity index (χ1n) is 8.18. The van der Waals surface area contributed by atoms with Gasteiger partial charge in [0.1, 0.15) is 6.04 Å². The summed E-state index contributed by atoms with van der Waals surface area (Å²) < 4.78 is 0. The summed E-state index contributed by atoms with van der Waals surface area (Å²) in [5.41, 5.74) is 3.87. The van der Waals surface area contributed by atoms with Crippen molar-refractivity contribution in [2.45, 2.75) is 26.3 Å². The fraction of sp³-hybridized carbons (Fsp3) is 0.250. The van der Waals surface area contributed by atoms with E-state index in [-0.39, 0.29) is 11.8 Å². The number of carbonyl (C=O) groups is 2. The Kier molecular flexibility index (Phi) is 4.53. The number of nitrogens with one attached hydrogen (secondary N) is 1. The van der Waals surface area contributed by atoms with Gasteiger partial charge in [-0.2, -0.15) is 5.26 Å². The summed E-state index contributed by atoms with van der Waals surface area (Å²) in [6.45, 7) is 4.57. The minimum absolute atomic E-state index is 0.102. The van der Waals surface area contributed by atoms with Crippen molar-refractivity contribution >= 4 is 17.5 Å². The molecule has 1 N–H and O–H groups in total. The summed E-state index contributed by atoms with van der Waals surface area (Å²) in [7, 11) is 0. The molecule has 0 bridgehead atoms. The van der Waals surface area contributed by atoms with Crippen LogP contribution in [0.4, 0.5) is 5.69 Å². The number of aryl methyl sites for hydroxylation is 2. The van der Waals surface area contributed by atoms with Crippen LogP contribution in [0.3, 0.4) is 0 Å². The normalized spacial score (nSPS) is 16.6. The van der Waals surface area contributed by atoms with Gasteiger partial charge in [0.05, 0.1) is 11.6 Å². The average Bonchev–Trinajstić information content (AvgIpc) is 2.94. The Bertz CT molecular complexity index is 863. The molecule has 1 heterocycles. The summed E-state index contributed by atoms with van der Waals surface area (Å²) >= 11 is 0. The van der Waals surface area contributed by atoms with Gasteiger partial charge in [-0.1, -0.05) is 12.1 Å². The summed E-state index contributed by atoms with van der Waals surface area (Å²) in [4.78, 5) is 26.8. The lowest BCUT2D eigenvalue weighted by Gasteiger charge is -2.18. The molecule has 0 aromatic heterocycles. The monoisotopic (exact) mass is 333 g/mol. The molecule has 1 atom stereocenters. The number of anilines is 1. The molecule has 1 aliphatic heterocycles. The molecule has 3 rings (SSSR count). The van der Waals surface area contributed by atoms with E-state index in [4.69, 9.17) is 5.26 Å². The number of amides is 2. The highest BCUT2D eigenvalue weighted by atomic mass is 16.2. The van der Waals surface area contributed by atoms with Crippen LogP contribution in [-0.4, -0.2) is 24.4 Å².